The second kappa shape index (κ2) is 7.94. The summed E-state index contributed by atoms with van der Waals surface area (Å²) in [5.41, 5.74) is 1.71. The molecule has 0 bridgehead atoms. The van der Waals surface area contributed by atoms with E-state index < -0.39 is 16.1 Å². The molecule has 1 atom stereocenters. The third-order valence-corrected chi connectivity index (χ3v) is 7.24. The van der Waals surface area contributed by atoms with Crippen LogP contribution in [-0.2, 0) is 19.6 Å². The molecular formula is C22H22N4O5S. The number of rotatable bonds is 3. The summed E-state index contributed by atoms with van der Waals surface area (Å²) in [5.74, 6) is -0.122. The summed E-state index contributed by atoms with van der Waals surface area (Å²) in [7, 11) is -3.71. The summed E-state index contributed by atoms with van der Waals surface area (Å²) in [4.78, 5) is 28.7. The highest BCUT2D eigenvalue weighted by molar-refractivity contribution is 7.90. The molecule has 3 aliphatic rings. The lowest BCUT2D eigenvalue weighted by molar-refractivity contribution is -0.121. The summed E-state index contributed by atoms with van der Waals surface area (Å²) in [6.07, 6.45) is 0.979. The molecule has 1 N–H and O–H groups in total. The average Bonchev–Trinajstić information content (AvgIpc) is 3.35. The summed E-state index contributed by atoms with van der Waals surface area (Å²) in [6.45, 7) is 1.73. The lowest BCUT2D eigenvalue weighted by Gasteiger charge is -2.33. The molecule has 0 radical (unpaired) electrons. The van der Waals surface area contributed by atoms with E-state index in [9.17, 15) is 18.0 Å². The van der Waals surface area contributed by atoms with E-state index in [1.165, 1.54) is 4.90 Å². The van der Waals surface area contributed by atoms with E-state index in [4.69, 9.17) is 4.74 Å². The molecule has 0 aromatic heterocycles. The van der Waals surface area contributed by atoms with Gasteiger partial charge in [0.25, 0.3) is 10.0 Å². The van der Waals surface area contributed by atoms with Crippen molar-refractivity contribution >= 4 is 39.2 Å². The minimum absolute atomic E-state index is 0.176. The fourth-order valence-electron chi connectivity index (χ4n) is 4.36. The quantitative estimate of drug-likeness (QED) is 0.763. The smallest absolute Gasteiger partial charge is 0.414 e. The molecular weight excluding hydrogens is 432 g/mol. The summed E-state index contributed by atoms with van der Waals surface area (Å²) >= 11 is 0. The zero-order chi connectivity index (χ0) is 22.3. The number of carbonyl (C=O) groups excluding carboxylic acids is 2. The van der Waals surface area contributed by atoms with Crippen molar-refractivity contribution in [1.82, 2.24) is 4.90 Å². The lowest BCUT2D eigenvalue weighted by Crippen LogP contribution is -2.43. The highest BCUT2D eigenvalue weighted by atomic mass is 32.2. The van der Waals surface area contributed by atoms with E-state index in [-0.39, 0.29) is 16.7 Å². The molecule has 2 aromatic carbocycles. The maximum atomic E-state index is 13.1. The van der Waals surface area contributed by atoms with Gasteiger partial charge in [0.15, 0.2) is 5.84 Å². The molecule has 2 amide bonds. The van der Waals surface area contributed by atoms with E-state index in [2.05, 4.69) is 9.71 Å². The van der Waals surface area contributed by atoms with Crippen molar-refractivity contribution < 1.29 is 22.7 Å². The fourth-order valence-corrected chi connectivity index (χ4v) is 5.59. The predicted molar refractivity (Wildman–Crippen MR) is 118 cm³/mol. The van der Waals surface area contributed by atoms with Crippen LogP contribution in [0.5, 0.6) is 0 Å². The lowest BCUT2D eigenvalue weighted by atomic mass is 9.96. The van der Waals surface area contributed by atoms with E-state index in [1.54, 1.807) is 48.5 Å². The number of piperidine rings is 1. The molecule has 0 saturated carbocycles. The molecule has 3 heterocycles. The van der Waals surface area contributed by atoms with Gasteiger partial charge in [0.2, 0.25) is 5.91 Å². The Bertz CT molecular complexity index is 1230. The summed E-state index contributed by atoms with van der Waals surface area (Å²) in [5, 5.41) is 2.95. The first-order valence-corrected chi connectivity index (χ1v) is 11.9. The van der Waals surface area contributed by atoms with Crippen molar-refractivity contribution in [3.05, 3.63) is 54.1 Å². The van der Waals surface area contributed by atoms with Gasteiger partial charge >= 0.3 is 6.09 Å². The van der Waals surface area contributed by atoms with Crippen molar-refractivity contribution in [3.8, 4) is 0 Å². The van der Waals surface area contributed by atoms with Gasteiger partial charge in [-0.1, -0.05) is 24.3 Å². The highest BCUT2D eigenvalue weighted by Gasteiger charge is 2.35. The first-order valence-electron chi connectivity index (χ1n) is 10.5. The van der Waals surface area contributed by atoms with E-state index >= 15 is 0 Å². The number of cyclic esters (lactones) is 1. The molecule has 2 fully saturated rings. The number of anilines is 2. The normalized spacial score (nSPS) is 21.7. The standard InChI is InChI=1S/C22H22N4O5S/c27-21(23-17-8-2-3-9-18(17)26-12-13-31-22(26)28)15-6-5-11-25(14-15)20-16-7-1-4-10-19(16)32(29,30)24-20/h1-4,7-10,15H,5-6,11-14H2,(H,23,27). The summed E-state index contributed by atoms with van der Waals surface area (Å²) < 4.78 is 33.8. The van der Waals surface area contributed by atoms with Crippen LogP contribution in [-0.4, -0.2) is 57.4 Å². The van der Waals surface area contributed by atoms with E-state index in [0.717, 1.165) is 6.42 Å². The van der Waals surface area contributed by atoms with Crippen LogP contribution in [0.3, 0.4) is 0 Å². The Morgan fingerprint density at radius 3 is 2.69 bits per heavy atom. The van der Waals surface area contributed by atoms with E-state index in [1.807, 2.05) is 4.90 Å². The van der Waals surface area contributed by atoms with Gasteiger partial charge in [0.05, 0.1) is 23.8 Å². The number of amides is 2. The van der Waals surface area contributed by atoms with Crippen molar-refractivity contribution in [3.63, 3.8) is 0 Å². The minimum Gasteiger partial charge on any atom is -0.447 e. The number of benzene rings is 2. The minimum atomic E-state index is -3.71. The van der Waals surface area contributed by atoms with E-state index in [0.29, 0.717) is 55.4 Å². The van der Waals surface area contributed by atoms with Gasteiger partial charge in [-0.2, -0.15) is 8.42 Å². The van der Waals surface area contributed by atoms with Crippen LogP contribution in [0.4, 0.5) is 16.2 Å². The second-order valence-electron chi connectivity index (χ2n) is 7.94. The number of fused-ring (bicyclic) bond motifs is 1. The van der Waals surface area contributed by atoms with Crippen LogP contribution in [0.1, 0.15) is 18.4 Å². The molecule has 1 unspecified atom stereocenters. The van der Waals surface area contributed by atoms with Crippen molar-refractivity contribution in [2.75, 3.05) is 36.5 Å². The number of nitrogens with zero attached hydrogens (tertiary/aromatic N) is 3. The third-order valence-electron chi connectivity index (χ3n) is 5.92. The Morgan fingerprint density at radius 1 is 1.09 bits per heavy atom. The van der Waals surface area contributed by atoms with Crippen LogP contribution >= 0.6 is 0 Å². The Morgan fingerprint density at radius 2 is 1.88 bits per heavy atom. The monoisotopic (exact) mass is 454 g/mol. The maximum Gasteiger partial charge on any atom is 0.414 e. The van der Waals surface area contributed by atoms with Gasteiger partial charge in [-0.05, 0) is 37.1 Å². The molecule has 166 valence electrons. The first-order chi connectivity index (χ1) is 15.4. The highest BCUT2D eigenvalue weighted by Crippen LogP contribution is 2.31. The number of sulfonamides is 1. The summed E-state index contributed by atoms with van der Waals surface area (Å²) in [6, 6.07) is 13.9. The average molecular weight is 455 g/mol. The number of para-hydroxylation sites is 2. The van der Waals surface area contributed by atoms with Gasteiger partial charge in [-0.15, -0.1) is 4.40 Å². The number of likely N-dealkylation sites (tertiary alicyclic amines) is 1. The van der Waals surface area contributed by atoms with Crippen LogP contribution in [0.15, 0.2) is 57.8 Å². The topological polar surface area (TPSA) is 108 Å². The molecule has 3 aliphatic heterocycles. The largest absolute Gasteiger partial charge is 0.447 e. The van der Waals surface area contributed by atoms with Crippen molar-refractivity contribution in [2.45, 2.75) is 17.7 Å². The van der Waals surface area contributed by atoms with Gasteiger partial charge in [0.1, 0.15) is 11.5 Å². The maximum absolute atomic E-state index is 13.1. The predicted octanol–water partition coefficient (Wildman–Crippen LogP) is 2.44. The number of hydrogen-bond acceptors (Lipinski definition) is 6. The molecule has 5 rings (SSSR count). The van der Waals surface area contributed by atoms with Crippen LogP contribution in [0, 0.1) is 5.92 Å². The van der Waals surface area contributed by atoms with Crippen LogP contribution in [0.2, 0.25) is 0 Å². The zero-order valence-corrected chi connectivity index (χ0v) is 18.0. The van der Waals surface area contributed by atoms with Crippen molar-refractivity contribution in [1.29, 1.82) is 0 Å². The van der Waals surface area contributed by atoms with Crippen LogP contribution < -0.4 is 10.2 Å². The van der Waals surface area contributed by atoms with Gasteiger partial charge in [0, 0.05) is 18.7 Å². The molecule has 10 heteroatoms. The zero-order valence-electron chi connectivity index (χ0n) is 17.2. The molecule has 2 aromatic rings. The van der Waals surface area contributed by atoms with Gasteiger partial charge in [-0.25, -0.2) is 4.79 Å². The number of ether oxygens (including phenoxy) is 1. The molecule has 32 heavy (non-hydrogen) atoms. The molecule has 2 saturated heterocycles. The number of hydrogen-bond donors (Lipinski definition) is 1. The molecule has 0 spiro atoms. The molecule has 9 nitrogen and oxygen atoms in total. The second-order valence-corrected chi connectivity index (χ2v) is 9.52. The Labute approximate surface area is 185 Å². The number of carbonyl (C=O) groups is 2. The Hall–Kier alpha value is -3.40. The van der Waals surface area contributed by atoms with Crippen LogP contribution in [0.25, 0.3) is 0 Å². The Balaban J connectivity index is 1.34. The van der Waals surface area contributed by atoms with Gasteiger partial charge in [-0.3, -0.25) is 9.69 Å². The number of nitrogens with one attached hydrogen (secondary N) is 1. The first kappa shape index (κ1) is 20.5. The molecule has 0 aliphatic carbocycles. The SMILES string of the molecule is O=C(Nc1ccccc1N1CCOC1=O)C1CCCN(C2=NS(=O)(=O)c3ccccc32)C1. The van der Waals surface area contributed by atoms with Crippen molar-refractivity contribution in [2.24, 2.45) is 10.3 Å². The van der Waals surface area contributed by atoms with Gasteiger partial charge < -0.3 is 15.0 Å². The Kier molecular flexibility index (Phi) is 5.09. The third kappa shape index (κ3) is 3.60. The number of amidine groups is 1. The fraction of sp³-hybridized carbons (Fsp3) is 0.318.